The average Bonchev–Trinajstić information content (AvgIpc) is 2.92. The molecule has 0 saturated heterocycles. The van der Waals surface area contributed by atoms with Crippen LogP contribution < -0.4 is 4.74 Å². The highest BCUT2D eigenvalue weighted by atomic mass is 35.5. The molecule has 0 bridgehead atoms. The highest BCUT2D eigenvalue weighted by Crippen LogP contribution is 2.38. The van der Waals surface area contributed by atoms with Crippen molar-refractivity contribution >= 4 is 67.7 Å². The summed E-state index contributed by atoms with van der Waals surface area (Å²) in [6, 6.07) is 8.73. The van der Waals surface area contributed by atoms with Gasteiger partial charge in [0.05, 0.1) is 27.3 Å². The molecule has 6 nitrogen and oxygen atoms in total. The number of benzene rings is 2. The first kappa shape index (κ1) is 21.1. The lowest BCUT2D eigenvalue weighted by Crippen LogP contribution is -1.88. The minimum absolute atomic E-state index is 0.352. The number of ether oxygens (including phenoxy) is 1. The second-order valence-electron chi connectivity index (χ2n) is 4.93. The normalized spacial score (nSPS) is 11.2. The zero-order valence-electron chi connectivity index (χ0n) is 13.5. The number of nitrogens with zero attached hydrogens (tertiary/aromatic N) is 1. The number of halogens is 3. The lowest BCUT2D eigenvalue weighted by molar-refractivity contribution is 0.484. The van der Waals surface area contributed by atoms with Crippen LogP contribution >= 0.6 is 46.6 Å². The Balaban J connectivity index is 0.000000431. The van der Waals surface area contributed by atoms with Gasteiger partial charge >= 0.3 is 0 Å². The predicted octanol–water partition coefficient (Wildman–Crippen LogP) is 5.54. The number of fused-ring (bicyclic) bond motifs is 1. The molecule has 26 heavy (non-hydrogen) atoms. The Morgan fingerprint density at radius 1 is 1.15 bits per heavy atom. The van der Waals surface area contributed by atoms with Gasteiger partial charge in [0.1, 0.15) is 16.5 Å². The third-order valence-corrected chi connectivity index (χ3v) is 4.52. The van der Waals surface area contributed by atoms with Crippen LogP contribution in [0.1, 0.15) is 0 Å². The molecule has 2 aromatic carbocycles. The molecule has 0 fully saturated rings. The zero-order valence-corrected chi connectivity index (χ0v) is 17.4. The monoisotopic (exact) mass is 454 g/mol. The average molecular weight is 456 g/mol. The summed E-state index contributed by atoms with van der Waals surface area (Å²) in [6.45, 7) is 0. The van der Waals surface area contributed by atoms with Crippen molar-refractivity contribution in [3.05, 3.63) is 45.4 Å². The molecule has 2 N–H and O–H groups in total. The van der Waals surface area contributed by atoms with Gasteiger partial charge in [0.25, 0.3) is 10.1 Å². The first-order chi connectivity index (χ1) is 12.1. The summed E-state index contributed by atoms with van der Waals surface area (Å²) in [5.74, 6) is 0.944. The van der Waals surface area contributed by atoms with Crippen LogP contribution in [0.3, 0.4) is 0 Å². The molecule has 0 spiro atoms. The molecule has 3 rings (SSSR count). The van der Waals surface area contributed by atoms with Crippen molar-refractivity contribution < 1.29 is 17.7 Å². The second-order valence-corrected chi connectivity index (χ2v) is 8.39. The Morgan fingerprint density at radius 2 is 1.81 bits per heavy atom. The number of imidazole rings is 1. The standard InChI is InChI=1S/C14H9Cl3N2OS.CH4O3S/c1-21-14-18-9-5-8(16)12(6-10(9)19-14)20-11-4-2-3-7(15)13(11)17;1-5(2,3)4/h2-6H,1H3,(H,18,19);1H3,(H,2,3,4). The number of aromatic nitrogens is 2. The molecule has 0 unspecified atom stereocenters. The van der Waals surface area contributed by atoms with E-state index in [4.69, 9.17) is 44.1 Å². The second kappa shape index (κ2) is 8.69. The summed E-state index contributed by atoms with van der Waals surface area (Å²) in [5.41, 5.74) is 1.63. The number of H-pyrrole nitrogens is 1. The van der Waals surface area contributed by atoms with Crippen LogP contribution in [-0.2, 0) is 10.1 Å². The number of thioether (sulfide) groups is 1. The Bertz CT molecular complexity index is 1030. The molecule has 0 aliphatic heterocycles. The van der Waals surface area contributed by atoms with E-state index in [-0.39, 0.29) is 0 Å². The number of nitrogens with one attached hydrogen (secondary N) is 1. The fourth-order valence-corrected chi connectivity index (χ4v) is 2.77. The number of hydrogen-bond acceptors (Lipinski definition) is 5. The summed E-state index contributed by atoms with van der Waals surface area (Å²) in [4.78, 5) is 7.57. The quantitative estimate of drug-likeness (QED) is 0.398. The minimum Gasteiger partial charge on any atom is -0.454 e. The first-order valence-electron chi connectivity index (χ1n) is 6.86. The molecular weight excluding hydrogens is 443 g/mol. The third kappa shape index (κ3) is 5.94. The van der Waals surface area contributed by atoms with Crippen molar-refractivity contribution in [2.45, 2.75) is 5.16 Å². The van der Waals surface area contributed by atoms with E-state index in [1.807, 2.05) is 6.26 Å². The van der Waals surface area contributed by atoms with Crippen LogP contribution in [0.2, 0.25) is 15.1 Å². The van der Waals surface area contributed by atoms with Crippen LogP contribution in [-0.4, -0.2) is 35.5 Å². The molecule has 0 amide bonds. The van der Waals surface area contributed by atoms with Crippen LogP contribution in [0, 0.1) is 0 Å². The maximum absolute atomic E-state index is 9.19. The van der Waals surface area contributed by atoms with Crippen molar-refractivity contribution in [2.75, 3.05) is 12.5 Å². The van der Waals surface area contributed by atoms with Crippen LogP contribution in [0.4, 0.5) is 0 Å². The Labute approximate surface area is 169 Å². The van der Waals surface area contributed by atoms with Gasteiger partial charge in [-0.25, -0.2) is 4.98 Å². The SMILES string of the molecule is CS(=O)(=O)O.CSc1nc2cc(Cl)c(Oc3cccc(Cl)c3Cl)cc2[nH]1. The maximum atomic E-state index is 9.19. The van der Waals surface area contributed by atoms with Gasteiger partial charge in [-0.1, -0.05) is 52.6 Å². The van der Waals surface area contributed by atoms with Gasteiger partial charge in [0, 0.05) is 6.07 Å². The number of rotatable bonds is 3. The molecule has 0 radical (unpaired) electrons. The van der Waals surface area contributed by atoms with Gasteiger partial charge in [0.2, 0.25) is 0 Å². The van der Waals surface area contributed by atoms with Crippen molar-refractivity contribution in [1.82, 2.24) is 9.97 Å². The smallest absolute Gasteiger partial charge is 0.261 e. The molecule has 0 saturated carbocycles. The van der Waals surface area contributed by atoms with E-state index in [0.29, 0.717) is 32.8 Å². The molecule has 0 aliphatic carbocycles. The first-order valence-corrected chi connectivity index (χ1v) is 11.1. The zero-order chi connectivity index (χ0) is 19.5. The summed E-state index contributed by atoms with van der Waals surface area (Å²) in [5, 5.41) is 2.05. The largest absolute Gasteiger partial charge is 0.454 e. The number of aromatic amines is 1. The van der Waals surface area contributed by atoms with Gasteiger partial charge in [-0.2, -0.15) is 8.42 Å². The maximum Gasteiger partial charge on any atom is 0.261 e. The van der Waals surface area contributed by atoms with E-state index in [1.165, 1.54) is 11.8 Å². The topological polar surface area (TPSA) is 92.3 Å². The van der Waals surface area contributed by atoms with Crippen molar-refractivity contribution in [1.29, 1.82) is 0 Å². The van der Waals surface area contributed by atoms with Crippen LogP contribution in [0.5, 0.6) is 11.5 Å². The molecule has 3 aromatic rings. The van der Waals surface area contributed by atoms with E-state index in [0.717, 1.165) is 16.2 Å². The summed E-state index contributed by atoms with van der Waals surface area (Å²) >= 11 is 19.9. The molecule has 0 atom stereocenters. The van der Waals surface area contributed by atoms with Crippen molar-refractivity contribution in [2.24, 2.45) is 0 Å². The minimum atomic E-state index is -3.67. The van der Waals surface area contributed by atoms with Crippen molar-refractivity contribution in [3.8, 4) is 11.5 Å². The van der Waals surface area contributed by atoms with E-state index in [9.17, 15) is 8.42 Å². The Kier molecular flexibility index (Phi) is 7.06. The van der Waals surface area contributed by atoms with E-state index in [2.05, 4.69) is 9.97 Å². The molecule has 1 heterocycles. The van der Waals surface area contributed by atoms with Crippen LogP contribution in [0.15, 0.2) is 35.5 Å². The highest BCUT2D eigenvalue weighted by molar-refractivity contribution is 7.98. The van der Waals surface area contributed by atoms with Gasteiger partial charge in [-0.05, 0) is 24.5 Å². The van der Waals surface area contributed by atoms with Gasteiger partial charge in [-0.15, -0.1) is 0 Å². The molecule has 0 aliphatic rings. The lowest BCUT2D eigenvalue weighted by Gasteiger charge is -2.09. The van der Waals surface area contributed by atoms with Crippen molar-refractivity contribution in [3.63, 3.8) is 0 Å². The summed E-state index contributed by atoms with van der Waals surface area (Å²) < 4.78 is 31.6. The van der Waals surface area contributed by atoms with Gasteiger partial charge in [0.15, 0.2) is 5.16 Å². The highest BCUT2D eigenvalue weighted by Gasteiger charge is 2.12. The Morgan fingerprint density at radius 3 is 2.42 bits per heavy atom. The lowest BCUT2D eigenvalue weighted by atomic mass is 10.3. The number of hydrogen-bond donors (Lipinski definition) is 2. The molecule has 140 valence electrons. The fourth-order valence-electron chi connectivity index (χ4n) is 1.84. The van der Waals surface area contributed by atoms with Gasteiger partial charge < -0.3 is 9.72 Å². The third-order valence-electron chi connectivity index (χ3n) is 2.84. The van der Waals surface area contributed by atoms with Gasteiger partial charge in [-0.3, -0.25) is 4.55 Å². The fraction of sp³-hybridized carbons (Fsp3) is 0.133. The molecule has 1 aromatic heterocycles. The predicted molar refractivity (Wildman–Crippen MR) is 107 cm³/mol. The molecular formula is C15H13Cl3N2O4S2. The van der Waals surface area contributed by atoms with E-state index < -0.39 is 10.1 Å². The molecule has 11 heteroatoms. The summed E-state index contributed by atoms with van der Waals surface area (Å²) in [6.07, 6.45) is 2.66. The Hall–Kier alpha value is -1.16. The van der Waals surface area contributed by atoms with E-state index >= 15 is 0 Å². The van der Waals surface area contributed by atoms with Crippen LogP contribution in [0.25, 0.3) is 11.0 Å². The summed E-state index contributed by atoms with van der Waals surface area (Å²) in [7, 11) is -3.67. The van der Waals surface area contributed by atoms with E-state index in [1.54, 1.807) is 30.3 Å².